The zero-order chi connectivity index (χ0) is 17.7. The number of likely N-dealkylation sites (N-methyl/N-ethyl adjacent to an activating group) is 1. The van der Waals surface area contributed by atoms with Gasteiger partial charge in [0.15, 0.2) is 0 Å². The van der Waals surface area contributed by atoms with Gasteiger partial charge in [0.25, 0.3) is 0 Å². The van der Waals surface area contributed by atoms with Gasteiger partial charge in [0.05, 0.1) is 12.6 Å². The fourth-order valence-corrected chi connectivity index (χ4v) is 2.56. The van der Waals surface area contributed by atoms with Crippen LogP contribution < -0.4 is 10.6 Å². The number of anilines is 1. The van der Waals surface area contributed by atoms with Crippen LogP contribution in [0.15, 0.2) is 18.2 Å². The van der Waals surface area contributed by atoms with E-state index in [1.165, 1.54) is 11.9 Å². The van der Waals surface area contributed by atoms with E-state index in [-0.39, 0.29) is 31.0 Å². The van der Waals surface area contributed by atoms with E-state index in [1.54, 1.807) is 6.92 Å². The monoisotopic (exact) mass is 333 g/mol. The molecule has 0 radical (unpaired) electrons. The predicted molar refractivity (Wildman–Crippen MR) is 89.6 cm³/mol. The number of carbonyl (C=O) groups is 3. The molecular formula is C17H23N3O4. The van der Waals surface area contributed by atoms with Crippen LogP contribution in [0.4, 0.5) is 10.5 Å². The third kappa shape index (κ3) is 4.47. The average Bonchev–Trinajstić information content (AvgIpc) is 2.54. The molecule has 0 spiro atoms. The second-order valence-corrected chi connectivity index (χ2v) is 5.81. The summed E-state index contributed by atoms with van der Waals surface area (Å²) >= 11 is 0. The maximum absolute atomic E-state index is 12.1. The summed E-state index contributed by atoms with van der Waals surface area (Å²) in [6.45, 7) is 3.80. The van der Waals surface area contributed by atoms with Crippen LogP contribution in [0, 0.1) is 0 Å². The molecule has 1 aromatic rings. The van der Waals surface area contributed by atoms with E-state index >= 15 is 0 Å². The minimum absolute atomic E-state index is 0.0265. The number of fused-ring (bicyclic) bond motifs is 1. The van der Waals surface area contributed by atoms with Crippen molar-refractivity contribution in [3.63, 3.8) is 0 Å². The van der Waals surface area contributed by atoms with Crippen LogP contribution >= 0.6 is 0 Å². The van der Waals surface area contributed by atoms with E-state index in [0.29, 0.717) is 12.8 Å². The van der Waals surface area contributed by atoms with Gasteiger partial charge in [0.2, 0.25) is 11.8 Å². The van der Waals surface area contributed by atoms with Gasteiger partial charge in [-0.2, -0.15) is 0 Å². The van der Waals surface area contributed by atoms with Crippen molar-refractivity contribution in [2.75, 3.05) is 25.5 Å². The molecule has 7 nitrogen and oxygen atoms in total. The Morgan fingerprint density at radius 2 is 2.12 bits per heavy atom. The SMILES string of the molecule is CCOC(=O)N(C)CC(=O)N[C@@H](C)c1ccc2c(c1)CCC(=O)N2. The van der Waals surface area contributed by atoms with Gasteiger partial charge in [0.1, 0.15) is 6.54 Å². The van der Waals surface area contributed by atoms with Crippen molar-refractivity contribution in [3.8, 4) is 0 Å². The van der Waals surface area contributed by atoms with Crippen molar-refractivity contribution in [3.05, 3.63) is 29.3 Å². The van der Waals surface area contributed by atoms with Gasteiger partial charge in [-0.25, -0.2) is 4.79 Å². The topological polar surface area (TPSA) is 87.7 Å². The molecule has 7 heteroatoms. The highest BCUT2D eigenvalue weighted by Gasteiger charge is 2.18. The Bertz CT molecular complexity index is 645. The van der Waals surface area contributed by atoms with Crippen molar-refractivity contribution in [2.45, 2.75) is 32.7 Å². The number of ether oxygens (including phenoxy) is 1. The molecule has 1 aliphatic heterocycles. The van der Waals surface area contributed by atoms with Crippen molar-refractivity contribution in [2.24, 2.45) is 0 Å². The predicted octanol–water partition coefficient (Wildman–Crippen LogP) is 1.84. The first-order chi connectivity index (χ1) is 11.4. The Labute approximate surface area is 141 Å². The summed E-state index contributed by atoms with van der Waals surface area (Å²) in [6, 6.07) is 5.53. The van der Waals surface area contributed by atoms with Crippen molar-refractivity contribution >= 4 is 23.6 Å². The summed E-state index contributed by atoms with van der Waals surface area (Å²) in [6.07, 6.45) is 0.646. The molecule has 0 aromatic heterocycles. The molecule has 0 saturated heterocycles. The first-order valence-electron chi connectivity index (χ1n) is 8.00. The first kappa shape index (κ1) is 17.8. The molecule has 1 atom stereocenters. The molecule has 0 fully saturated rings. The number of hydrogen-bond donors (Lipinski definition) is 2. The highest BCUT2D eigenvalue weighted by atomic mass is 16.6. The van der Waals surface area contributed by atoms with E-state index in [0.717, 1.165) is 16.8 Å². The van der Waals surface area contributed by atoms with Crippen LogP contribution in [0.25, 0.3) is 0 Å². The minimum Gasteiger partial charge on any atom is -0.450 e. The zero-order valence-corrected chi connectivity index (χ0v) is 14.2. The second-order valence-electron chi connectivity index (χ2n) is 5.81. The van der Waals surface area contributed by atoms with Crippen LogP contribution in [0.3, 0.4) is 0 Å². The highest BCUT2D eigenvalue weighted by molar-refractivity contribution is 5.93. The van der Waals surface area contributed by atoms with Gasteiger partial charge in [-0.05, 0) is 37.5 Å². The number of amides is 3. The maximum atomic E-state index is 12.1. The zero-order valence-electron chi connectivity index (χ0n) is 14.2. The van der Waals surface area contributed by atoms with Gasteiger partial charge in [-0.1, -0.05) is 12.1 Å². The lowest BCUT2D eigenvalue weighted by molar-refractivity contribution is -0.122. The molecule has 3 amide bonds. The normalized spacial score (nSPS) is 14.2. The molecule has 1 aliphatic rings. The quantitative estimate of drug-likeness (QED) is 0.860. The average molecular weight is 333 g/mol. The van der Waals surface area contributed by atoms with Crippen LogP contribution in [0.1, 0.15) is 37.4 Å². The highest BCUT2D eigenvalue weighted by Crippen LogP contribution is 2.26. The van der Waals surface area contributed by atoms with Crippen LogP contribution in [0.5, 0.6) is 0 Å². The van der Waals surface area contributed by atoms with Crippen LogP contribution in [-0.4, -0.2) is 43.0 Å². The second kappa shape index (κ2) is 7.81. The number of nitrogens with one attached hydrogen (secondary N) is 2. The van der Waals surface area contributed by atoms with Crippen molar-refractivity contribution in [1.82, 2.24) is 10.2 Å². The molecule has 0 bridgehead atoms. The number of hydrogen-bond acceptors (Lipinski definition) is 4. The van der Waals surface area contributed by atoms with Crippen LogP contribution in [0.2, 0.25) is 0 Å². The smallest absolute Gasteiger partial charge is 0.409 e. The van der Waals surface area contributed by atoms with Crippen molar-refractivity contribution in [1.29, 1.82) is 0 Å². The third-order valence-corrected chi connectivity index (χ3v) is 3.86. The maximum Gasteiger partial charge on any atom is 0.409 e. The molecule has 0 saturated carbocycles. The van der Waals surface area contributed by atoms with Gasteiger partial charge >= 0.3 is 6.09 Å². The lowest BCUT2D eigenvalue weighted by atomic mass is 9.98. The molecule has 1 aromatic carbocycles. The molecule has 0 aliphatic carbocycles. The third-order valence-electron chi connectivity index (χ3n) is 3.86. The van der Waals surface area contributed by atoms with E-state index in [1.807, 2.05) is 25.1 Å². The Balaban J connectivity index is 1.94. The summed E-state index contributed by atoms with van der Waals surface area (Å²) in [4.78, 5) is 36.2. The summed E-state index contributed by atoms with van der Waals surface area (Å²) in [7, 11) is 1.52. The lowest BCUT2D eigenvalue weighted by Crippen LogP contribution is -2.39. The van der Waals surface area contributed by atoms with E-state index in [9.17, 15) is 14.4 Å². The summed E-state index contributed by atoms with van der Waals surface area (Å²) in [5.74, 6) is -0.234. The minimum atomic E-state index is -0.523. The fraction of sp³-hybridized carbons (Fsp3) is 0.471. The molecule has 1 heterocycles. The van der Waals surface area contributed by atoms with E-state index in [4.69, 9.17) is 4.74 Å². The number of nitrogens with zero attached hydrogens (tertiary/aromatic N) is 1. The molecule has 130 valence electrons. The Hall–Kier alpha value is -2.57. The summed E-state index contributed by atoms with van der Waals surface area (Å²) < 4.78 is 4.84. The Morgan fingerprint density at radius 1 is 1.38 bits per heavy atom. The molecule has 0 unspecified atom stereocenters. The van der Waals surface area contributed by atoms with Gasteiger partial charge in [-0.3, -0.25) is 9.59 Å². The number of benzene rings is 1. The molecule has 2 N–H and O–H groups in total. The Kier molecular flexibility index (Phi) is 5.78. The molecular weight excluding hydrogens is 310 g/mol. The lowest BCUT2D eigenvalue weighted by Gasteiger charge is -2.21. The number of carbonyl (C=O) groups excluding carboxylic acids is 3. The fourth-order valence-electron chi connectivity index (χ4n) is 2.56. The van der Waals surface area contributed by atoms with Gasteiger partial charge in [0, 0.05) is 19.2 Å². The number of rotatable bonds is 5. The molecule has 24 heavy (non-hydrogen) atoms. The standard InChI is InChI=1S/C17H23N3O4/c1-4-24-17(23)20(3)10-16(22)18-11(2)12-5-7-14-13(9-12)6-8-15(21)19-14/h5,7,9,11H,4,6,8,10H2,1-3H3,(H,18,22)(H,19,21)/t11-/m0/s1. The van der Waals surface area contributed by atoms with E-state index < -0.39 is 6.09 Å². The molecule has 2 rings (SSSR count). The largest absolute Gasteiger partial charge is 0.450 e. The summed E-state index contributed by atoms with van der Waals surface area (Å²) in [5.41, 5.74) is 2.85. The Morgan fingerprint density at radius 3 is 2.83 bits per heavy atom. The van der Waals surface area contributed by atoms with Gasteiger partial charge < -0.3 is 20.3 Å². The number of aryl methyl sites for hydroxylation is 1. The van der Waals surface area contributed by atoms with Gasteiger partial charge in [-0.15, -0.1) is 0 Å². The van der Waals surface area contributed by atoms with Crippen molar-refractivity contribution < 1.29 is 19.1 Å². The van der Waals surface area contributed by atoms with E-state index in [2.05, 4.69) is 10.6 Å². The first-order valence-corrected chi connectivity index (χ1v) is 8.00. The van der Waals surface area contributed by atoms with Crippen LogP contribution in [-0.2, 0) is 20.7 Å². The summed E-state index contributed by atoms with van der Waals surface area (Å²) in [5, 5.41) is 5.70.